The standard InChI is InChI=1S/C26H26F3NO5S/c1-30(24(31)26(27,28)29)18-23(35-36(2,32)33)19-34-25(20-12-6-3-7-13-20,21-14-8-4-9-15-21)22-16-10-5-11-17-22/h3-17,23H,18-19H2,1-2H3/t23-/m0/s1. The van der Waals surface area contributed by atoms with Crippen molar-refractivity contribution in [2.75, 3.05) is 26.5 Å². The summed E-state index contributed by atoms with van der Waals surface area (Å²) >= 11 is 0. The van der Waals surface area contributed by atoms with Crippen molar-refractivity contribution in [2.45, 2.75) is 17.9 Å². The zero-order valence-corrected chi connectivity index (χ0v) is 20.5. The van der Waals surface area contributed by atoms with Crippen LogP contribution in [0.25, 0.3) is 0 Å². The molecule has 10 heteroatoms. The van der Waals surface area contributed by atoms with Crippen LogP contribution in [0, 0.1) is 0 Å². The minimum absolute atomic E-state index is 0.369. The highest BCUT2D eigenvalue weighted by molar-refractivity contribution is 7.86. The van der Waals surface area contributed by atoms with E-state index in [9.17, 15) is 26.4 Å². The van der Waals surface area contributed by atoms with Crippen molar-refractivity contribution in [3.8, 4) is 0 Å². The van der Waals surface area contributed by atoms with Crippen molar-refractivity contribution in [1.29, 1.82) is 0 Å². The van der Waals surface area contributed by atoms with Crippen LogP contribution in [0.2, 0.25) is 0 Å². The van der Waals surface area contributed by atoms with Crippen LogP contribution in [0.3, 0.4) is 0 Å². The third-order valence-corrected chi connectivity index (χ3v) is 6.03. The highest BCUT2D eigenvalue weighted by Crippen LogP contribution is 2.40. The molecular formula is C26H26F3NO5S. The number of amides is 1. The van der Waals surface area contributed by atoms with E-state index in [-0.39, 0.29) is 0 Å². The molecule has 1 amide bonds. The maximum Gasteiger partial charge on any atom is 0.471 e. The molecule has 3 aromatic rings. The molecule has 0 N–H and O–H groups in total. The molecule has 0 heterocycles. The molecule has 0 aliphatic carbocycles. The molecule has 6 nitrogen and oxygen atoms in total. The molecule has 192 valence electrons. The first kappa shape index (κ1) is 27.4. The van der Waals surface area contributed by atoms with E-state index in [1.807, 2.05) is 91.0 Å². The number of hydrogen-bond acceptors (Lipinski definition) is 5. The Bertz CT molecular complexity index is 1140. The molecule has 36 heavy (non-hydrogen) atoms. The van der Waals surface area contributed by atoms with Gasteiger partial charge in [-0.2, -0.15) is 21.6 Å². The van der Waals surface area contributed by atoms with Crippen molar-refractivity contribution >= 4 is 16.0 Å². The third kappa shape index (κ3) is 6.71. The zero-order valence-electron chi connectivity index (χ0n) is 19.7. The summed E-state index contributed by atoms with van der Waals surface area (Å²) < 4.78 is 74.2. The van der Waals surface area contributed by atoms with Gasteiger partial charge in [-0.3, -0.25) is 8.98 Å². The first-order valence-corrected chi connectivity index (χ1v) is 12.8. The number of nitrogens with zero attached hydrogens (tertiary/aromatic N) is 1. The number of ether oxygens (including phenoxy) is 1. The Morgan fingerprint density at radius 1 is 0.833 bits per heavy atom. The summed E-state index contributed by atoms with van der Waals surface area (Å²) in [5.41, 5.74) is 0.871. The molecule has 0 aliphatic rings. The highest BCUT2D eigenvalue weighted by atomic mass is 32.2. The molecule has 0 aliphatic heterocycles. The Morgan fingerprint density at radius 3 is 1.56 bits per heavy atom. The Balaban J connectivity index is 2.06. The van der Waals surface area contributed by atoms with E-state index in [1.54, 1.807) is 0 Å². The normalized spacial score (nSPS) is 13.2. The summed E-state index contributed by atoms with van der Waals surface area (Å²) in [6.07, 6.45) is -5.75. The van der Waals surface area contributed by atoms with Crippen LogP contribution in [-0.2, 0) is 29.4 Å². The summed E-state index contributed by atoms with van der Waals surface area (Å²) in [6.45, 7) is -1.11. The number of carbonyl (C=O) groups is 1. The molecule has 0 bridgehead atoms. The summed E-state index contributed by atoms with van der Waals surface area (Å²) in [5, 5.41) is 0. The van der Waals surface area contributed by atoms with Gasteiger partial charge in [0.1, 0.15) is 11.7 Å². The van der Waals surface area contributed by atoms with Gasteiger partial charge < -0.3 is 9.64 Å². The van der Waals surface area contributed by atoms with Gasteiger partial charge in [0, 0.05) is 7.05 Å². The topological polar surface area (TPSA) is 72.9 Å². The summed E-state index contributed by atoms with van der Waals surface area (Å²) in [4.78, 5) is 12.1. The lowest BCUT2D eigenvalue weighted by atomic mass is 9.80. The highest BCUT2D eigenvalue weighted by Gasteiger charge is 2.43. The van der Waals surface area contributed by atoms with Gasteiger partial charge in [0.05, 0.1) is 19.4 Å². The van der Waals surface area contributed by atoms with Crippen LogP contribution in [0.15, 0.2) is 91.0 Å². The van der Waals surface area contributed by atoms with E-state index >= 15 is 0 Å². The van der Waals surface area contributed by atoms with Gasteiger partial charge in [-0.25, -0.2) is 0 Å². The summed E-state index contributed by atoms with van der Waals surface area (Å²) in [5.74, 6) is -2.12. The minimum Gasteiger partial charge on any atom is -0.358 e. The van der Waals surface area contributed by atoms with Crippen molar-refractivity contribution in [1.82, 2.24) is 4.90 Å². The second-order valence-corrected chi connectivity index (χ2v) is 9.80. The first-order chi connectivity index (χ1) is 16.9. The van der Waals surface area contributed by atoms with Crippen LogP contribution in [-0.4, -0.2) is 58.0 Å². The number of alkyl halides is 3. The summed E-state index contributed by atoms with van der Waals surface area (Å²) in [6, 6.07) is 27.4. The van der Waals surface area contributed by atoms with Gasteiger partial charge >= 0.3 is 12.1 Å². The molecule has 0 unspecified atom stereocenters. The average Bonchev–Trinajstić information content (AvgIpc) is 2.84. The number of halogens is 3. The average molecular weight is 522 g/mol. The van der Waals surface area contributed by atoms with Crippen molar-refractivity contribution in [3.05, 3.63) is 108 Å². The maximum absolute atomic E-state index is 12.9. The van der Waals surface area contributed by atoms with Gasteiger partial charge in [0.15, 0.2) is 0 Å². The minimum atomic E-state index is -5.12. The number of benzene rings is 3. The molecule has 3 rings (SSSR count). The van der Waals surface area contributed by atoms with E-state index in [4.69, 9.17) is 8.92 Å². The maximum atomic E-state index is 12.9. The van der Waals surface area contributed by atoms with E-state index in [1.165, 1.54) is 0 Å². The monoisotopic (exact) mass is 521 g/mol. The lowest BCUT2D eigenvalue weighted by Crippen LogP contribution is -2.45. The fourth-order valence-corrected chi connectivity index (χ4v) is 4.56. The van der Waals surface area contributed by atoms with Crippen LogP contribution < -0.4 is 0 Å². The van der Waals surface area contributed by atoms with Crippen molar-refractivity contribution in [3.63, 3.8) is 0 Å². The lowest BCUT2D eigenvalue weighted by molar-refractivity contribution is -0.185. The van der Waals surface area contributed by atoms with Crippen LogP contribution in [0.4, 0.5) is 13.2 Å². The van der Waals surface area contributed by atoms with Gasteiger partial charge in [0.25, 0.3) is 10.1 Å². The number of carbonyl (C=O) groups excluding carboxylic acids is 1. The molecule has 1 atom stereocenters. The quantitative estimate of drug-likeness (QED) is 0.293. The largest absolute Gasteiger partial charge is 0.471 e. The molecule has 0 spiro atoms. The fraction of sp³-hybridized carbons (Fsp3) is 0.269. The Hall–Kier alpha value is -3.21. The Kier molecular flexibility index (Phi) is 8.55. The Labute approximate surface area is 208 Å². The second-order valence-electron chi connectivity index (χ2n) is 8.20. The van der Waals surface area contributed by atoms with Gasteiger partial charge in [0.2, 0.25) is 0 Å². The van der Waals surface area contributed by atoms with E-state index < -0.39 is 47.1 Å². The number of likely N-dealkylation sites (N-methyl/N-ethyl adjacent to an activating group) is 1. The van der Waals surface area contributed by atoms with Crippen LogP contribution in [0.1, 0.15) is 16.7 Å². The first-order valence-electron chi connectivity index (χ1n) is 10.9. The van der Waals surface area contributed by atoms with E-state index in [2.05, 4.69) is 0 Å². The van der Waals surface area contributed by atoms with E-state index in [0.717, 1.165) is 13.3 Å². The molecule has 0 fully saturated rings. The fourth-order valence-electron chi connectivity index (χ4n) is 3.95. The smallest absolute Gasteiger partial charge is 0.358 e. The molecule has 0 aromatic heterocycles. The third-order valence-electron chi connectivity index (χ3n) is 5.40. The zero-order chi connectivity index (χ0) is 26.4. The van der Waals surface area contributed by atoms with Crippen LogP contribution in [0.5, 0.6) is 0 Å². The summed E-state index contributed by atoms with van der Waals surface area (Å²) in [7, 11) is -3.17. The predicted molar refractivity (Wildman–Crippen MR) is 129 cm³/mol. The number of hydrogen-bond donors (Lipinski definition) is 0. The molecule has 0 saturated carbocycles. The second kappa shape index (κ2) is 11.2. The van der Waals surface area contributed by atoms with Gasteiger partial charge in [-0.05, 0) is 16.7 Å². The van der Waals surface area contributed by atoms with Crippen LogP contribution >= 0.6 is 0 Å². The van der Waals surface area contributed by atoms with Gasteiger partial charge in [-0.15, -0.1) is 0 Å². The SMILES string of the molecule is CN(C[C@@H](COC(c1ccccc1)(c1ccccc1)c1ccccc1)OS(C)(=O)=O)C(=O)C(F)(F)F. The molecule has 3 aromatic carbocycles. The molecular weight excluding hydrogens is 495 g/mol. The van der Waals surface area contributed by atoms with Crippen molar-refractivity contribution in [2.24, 2.45) is 0 Å². The predicted octanol–water partition coefficient (Wildman–Crippen LogP) is 4.36. The van der Waals surface area contributed by atoms with Gasteiger partial charge in [-0.1, -0.05) is 91.0 Å². The Morgan fingerprint density at radius 2 is 1.22 bits per heavy atom. The van der Waals surface area contributed by atoms with Crippen molar-refractivity contribution < 1.29 is 35.3 Å². The lowest BCUT2D eigenvalue weighted by Gasteiger charge is -2.37. The molecule has 0 saturated heterocycles. The van der Waals surface area contributed by atoms with E-state index in [0.29, 0.717) is 21.6 Å². The molecule has 0 radical (unpaired) electrons. The number of rotatable bonds is 10.